The Morgan fingerprint density at radius 1 is 0.733 bits per heavy atom. The van der Waals surface area contributed by atoms with Crippen molar-refractivity contribution in [3.63, 3.8) is 0 Å². The van der Waals surface area contributed by atoms with E-state index in [-0.39, 0.29) is 25.1 Å². The van der Waals surface area contributed by atoms with Crippen LogP contribution in [0.25, 0.3) is 0 Å². The summed E-state index contributed by atoms with van der Waals surface area (Å²) in [7, 11) is 1.48. The lowest BCUT2D eigenvalue weighted by Crippen LogP contribution is -2.69. The maximum Gasteiger partial charge on any atom is 0.359 e. The molecule has 1 saturated heterocycles. The number of ether oxygens (including phenoxy) is 7. The van der Waals surface area contributed by atoms with E-state index in [1.807, 2.05) is 109 Å². The van der Waals surface area contributed by atoms with Gasteiger partial charge in [0, 0.05) is 19.3 Å². The van der Waals surface area contributed by atoms with Crippen LogP contribution < -0.4 is 4.74 Å². The van der Waals surface area contributed by atoms with Crippen molar-refractivity contribution in [1.82, 2.24) is 0 Å². The summed E-state index contributed by atoms with van der Waals surface area (Å²) < 4.78 is 43.4. The summed E-state index contributed by atoms with van der Waals surface area (Å²) in [5, 5.41) is 10.8. The molecule has 8 nitrogen and oxygen atoms in total. The fraction of sp³-hybridized carbons (Fsp3) is 0.278. The van der Waals surface area contributed by atoms with Crippen LogP contribution in [0.1, 0.15) is 16.7 Å². The number of hydrogen-bond donors (Lipinski definition) is 0. The molecule has 1 aliphatic rings. The minimum Gasteiger partial charge on any atom is -0.428 e. The van der Waals surface area contributed by atoms with Gasteiger partial charge in [0.2, 0.25) is 0 Å². The Kier molecular flexibility index (Phi) is 11.6. The van der Waals surface area contributed by atoms with Gasteiger partial charge in [-0.2, -0.15) is 5.26 Å². The molecule has 0 N–H and O–H groups in total. The smallest absolute Gasteiger partial charge is 0.359 e. The minimum absolute atomic E-state index is 0.0682. The number of rotatable bonds is 13. The number of para-hydroxylation sites is 1. The summed E-state index contributed by atoms with van der Waals surface area (Å²) in [4.78, 5) is 0. The van der Waals surface area contributed by atoms with Crippen molar-refractivity contribution < 1.29 is 33.2 Å². The Morgan fingerprint density at radius 3 is 1.73 bits per heavy atom. The lowest BCUT2D eigenvalue weighted by Gasteiger charge is -2.49. The highest BCUT2D eigenvalue weighted by Crippen LogP contribution is 2.39. The molecule has 0 spiro atoms. The third-order valence-corrected chi connectivity index (χ3v) is 7.45. The zero-order valence-electron chi connectivity index (χ0n) is 24.9. The molecule has 0 unspecified atom stereocenters. The molecule has 0 amide bonds. The Labute approximate surface area is 269 Å². The molecule has 1 aliphatic heterocycles. The second-order valence-electron chi connectivity index (χ2n) is 10.4. The van der Waals surface area contributed by atoms with Gasteiger partial charge in [-0.05, 0) is 28.8 Å². The van der Waals surface area contributed by atoms with E-state index in [4.69, 9.17) is 45.4 Å². The van der Waals surface area contributed by atoms with Gasteiger partial charge in [0.15, 0.2) is 12.4 Å². The number of benzene rings is 4. The maximum absolute atomic E-state index is 11.0. The van der Waals surface area contributed by atoms with E-state index in [0.717, 1.165) is 16.7 Å². The van der Waals surface area contributed by atoms with Gasteiger partial charge in [-0.3, -0.25) is 0 Å². The first-order valence-corrected chi connectivity index (χ1v) is 15.0. The Balaban J connectivity index is 1.48. The molecule has 1 fully saturated rings. The average Bonchev–Trinajstić information content (AvgIpc) is 3.09. The summed E-state index contributed by atoms with van der Waals surface area (Å²) in [6, 6.07) is 40.3. The quantitative estimate of drug-likeness (QED) is 0.157. The summed E-state index contributed by atoms with van der Waals surface area (Å²) in [6.45, 7) is 0.701. The van der Waals surface area contributed by atoms with E-state index in [2.05, 4.69) is 6.07 Å². The van der Waals surface area contributed by atoms with Crippen molar-refractivity contribution in [2.45, 2.75) is 50.0 Å². The molecular formula is C36H35NO7S. The zero-order valence-corrected chi connectivity index (χ0v) is 25.7. The highest BCUT2D eigenvalue weighted by molar-refractivity contribution is 7.79. The topological polar surface area (TPSA) is 88.4 Å². The first-order valence-electron chi connectivity index (χ1n) is 14.6. The normalized spacial score (nSPS) is 22.7. The molecule has 0 aliphatic carbocycles. The van der Waals surface area contributed by atoms with E-state index in [9.17, 15) is 5.26 Å². The Hall–Kier alpha value is -4.14. The molecule has 45 heavy (non-hydrogen) atoms. The van der Waals surface area contributed by atoms with E-state index in [1.54, 1.807) is 12.1 Å². The van der Waals surface area contributed by atoms with Gasteiger partial charge in [-0.15, -0.1) is 0 Å². The lowest BCUT2D eigenvalue weighted by atomic mass is 9.84. The van der Waals surface area contributed by atoms with Crippen molar-refractivity contribution in [3.05, 3.63) is 138 Å². The maximum atomic E-state index is 11.0. The van der Waals surface area contributed by atoms with Gasteiger partial charge >= 0.3 is 5.24 Å². The molecule has 5 rings (SSSR count). The molecule has 4 aromatic rings. The SMILES string of the molecule is CO[C@H]1O[C@H](COCc2ccccc2)[C@H](OCc2ccccc2)[C@@](C#N)(OC(=S)Oc2ccccc2)[C@H]1OCc1ccccc1. The van der Waals surface area contributed by atoms with Crippen LogP contribution in [0.15, 0.2) is 121 Å². The van der Waals surface area contributed by atoms with Crippen LogP contribution in [0.2, 0.25) is 0 Å². The summed E-state index contributed by atoms with van der Waals surface area (Å²) >= 11 is 5.56. The molecule has 4 aromatic carbocycles. The first kappa shape index (κ1) is 32.3. The third kappa shape index (κ3) is 8.53. The molecule has 0 aromatic heterocycles. The van der Waals surface area contributed by atoms with Crippen molar-refractivity contribution in [2.24, 2.45) is 0 Å². The van der Waals surface area contributed by atoms with Crippen LogP contribution in [0.3, 0.4) is 0 Å². The molecule has 9 heteroatoms. The van der Waals surface area contributed by atoms with Crippen LogP contribution in [0, 0.1) is 11.3 Å². The van der Waals surface area contributed by atoms with E-state index >= 15 is 0 Å². The second-order valence-corrected chi connectivity index (χ2v) is 10.7. The molecule has 232 valence electrons. The zero-order chi connectivity index (χ0) is 31.3. The molecule has 5 atom stereocenters. The number of nitriles is 1. The molecule has 0 bridgehead atoms. The number of methoxy groups -OCH3 is 1. The van der Waals surface area contributed by atoms with Gasteiger partial charge in [-0.25, -0.2) is 0 Å². The molecule has 1 heterocycles. The average molecular weight is 626 g/mol. The van der Waals surface area contributed by atoms with Crippen LogP contribution in [-0.4, -0.2) is 49.2 Å². The highest BCUT2D eigenvalue weighted by Gasteiger charge is 2.62. The Bertz CT molecular complexity index is 1500. The van der Waals surface area contributed by atoms with E-state index < -0.39 is 30.2 Å². The van der Waals surface area contributed by atoms with Crippen LogP contribution >= 0.6 is 12.2 Å². The number of thiocarbonyl (C=S) groups is 1. The van der Waals surface area contributed by atoms with Gasteiger partial charge in [0.1, 0.15) is 24.0 Å². The number of hydrogen-bond acceptors (Lipinski definition) is 9. The fourth-order valence-electron chi connectivity index (χ4n) is 5.09. The minimum atomic E-state index is -1.87. The van der Waals surface area contributed by atoms with E-state index in [1.165, 1.54) is 7.11 Å². The molecule has 0 saturated carbocycles. The number of nitrogens with zero attached hydrogens (tertiary/aromatic N) is 1. The largest absolute Gasteiger partial charge is 0.428 e. The lowest BCUT2D eigenvalue weighted by molar-refractivity contribution is -0.331. The fourth-order valence-corrected chi connectivity index (χ4v) is 5.33. The van der Waals surface area contributed by atoms with E-state index in [0.29, 0.717) is 12.4 Å². The van der Waals surface area contributed by atoms with Gasteiger partial charge < -0.3 is 33.2 Å². The Morgan fingerprint density at radius 2 is 1.22 bits per heavy atom. The second kappa shape index (κ2) is 16.3. The van der Waals surface area contributed by atoms with Gasteiger partial charge in [0.25, 0.3) is 5.60 Å². The van der Waals surface area contributed by atoms with Crippen LogP contribution in [0.5, 0.6) is 5.75 Å². The van der Waals surface area contributed by atoms with Crippen LogP contribution in [0.4, 0.5) is 0 Å². The van der Waals surface area contributed by atoms with Crippen molar-refractivity contribution in [3.8, 4) is 11.8 Å². The van der Waals surface area contributed by atoms with Gasteiger partial charge in [0.05, 0.1) is 26.4 Å². The summed E-state index contributed by atoms with van der Waals surface area (Å²) in [5.74, 6) is 0.456. The summed E-state index contributed by atoms with van der Waals surface area (Å²) in [6.07, 6.45) is -3.98. The predicted octanol–water partition coefficient (Wildman–Crippen LogP) is 6.39. The molecular weight excluding hydrogens is 590 g/mol. The third-order valence-electron chi connectivity index (χ3n) is 7.28. The van der Waals surface area contributed by atoms with Crippen molar-refractivity contribution in [2.75, 3.05) is 13.7 Å². The van der Waals surface area contributed by atoms with Gasteiger partial charge in [-0.1, -0.05) is 109 Å². The predicted molar refractivity (Wildman–Crippen MR) is 171 cm³/mol. The van der Waals surface area contributed by atoms with Crippen LogP contribution in [-0.2, 0) is 48.2 Å². The highest BCUT2D eigenvalue weighted by atomic mass is 32.1. The van der Waals surface area contributed by atoms with Crippen molar-refractivity contribution in [1.29, 1.82) is 5.26 Å². The summed E-state index contributed by atoms with van der Waals surface area (Å²) in [5.41, 5.74) is 0.904. The molecule has 0 radical (unpaired) electrons. The first-order chi connectivity index (χ1) is 22.1. The van der Waals surface area contributed by atoms with Crippen molar-refractivity contribution >= 4 is 17.5 Å². The standard InChI is InChI=1S/C36H35NO7S/c1-38-34-33(41-24-29-18-10-4-11-19-29)36(26-37,44-35(45)42-30-20-12-5-13-21-30)32(40-23-28-16-8-3-9-17-28)31(43-34)25-39-22-27-14-6-2-7-15-27/h2-21,31-34H,22-25H2,1H3/t31-,32+,33+,34+,36-/m1/s1. The monoisotopic (exact) mass is 625 g/mol.